The van der Waals surface area contributed by atoms with Crippen molar-refractivity contribution in [2.24, 2.45) is 5.92 Å². The van der Waals surface area contributed by atoms with Crippen LogP contribution in [0.4, 0.5) is 23.8 Å². The number of hydrogen-bond acceptors (Lipinski definition) is 11. The molecule has 0 unspecified atom stereocenters. The van der Waals surface area contributed by atoms with Gasteiger partial charge in [0, 0.05) is 40.8 Å². The van der Waals surface area contributed by atoms with E-state index in [0.717, 1.165) is 16.7 Å². The summed E-state index contributed by atoms with van der Waals surface area (Å²) in [6, 6.07) is 5.01. The van der Waals surface area contributed by atoms with Crippen molar-refractivity contribution in [1.29, 1.82) is 0 Å². The lowest BCUT2D eigenvalue weighted by atomic mass is 9.98. The zero-order chi connectivity index (χ0) is 41.8. The number of ether oxygens (including phenoxy) is 1. The minimum atomic E-state index is -4.71. The summed E-state index contributed by atoms with van der Waals surface area (Å²) < 4.78 is 79.7. The quantitative estimate of drug-likeness (QED) is 0.0926. The molecule has 0 bridgehead atoms. The van der Waals surface area contributed by atoms with Crippen LogP contribution in [0.3, 0.4) is 0 Å². The molecule has 56 heavy (non-hydrogen) atoms. The maximum Gasteiger partial charge on any atom is 0.475 e. The molecule has 3 heterocycles. The number of phosphoric acid groups is 1. The number of urea groups is 1. The summed E-state index contributed by atoms with van der Waals surface area (Å²) >= 11 is 0.749. The van der Waals surface area contributed by atoms with Gasteiger partial charge < -0.3 is 14.6 Å². The van der Waals surface area contributed by atoms with E-state index in [1.807, 2.05) is 13.8 Å². The Labute approximate surface area is 327 Å². The highest BCUT2D eigenvalue weighted by Crippen LogP contribution is 2.56. The van der Waals surface area contributed by atoms with Crippen molar-refractivity contribution >= 4 is 47.9 Å². The fourth-order valence-electron chi connectivity index (χ4n) is 5.68. The normalized spacial score (nSPS) is 13.2. The lowest BCUT2D eigenvalue weighted by Crippen LogP contribution is -2.28. The van der Waals surface area contributed by atoms with Gasteiger partial charge in [0.1, 0.15) is 16.4 Å². The van der Waals surface area contributed by atoms with Gasteiger partial charge in [0.2, 0.25) is 5.43 Å². The Morgan fingerprint density at radius 3 is 2.21 bits per heavy atom. The van der Waals surface area contributed by atoms with Crippen LogP contribution in [0.15, 0.2) is 46.8 Å². The second-order valence-electron chi connectivity index (χ2n) is 15.3. The first kappa shape index (κ1) is 44.6. The number of pyridine rings is 2. The highest BCUT2D eigenvalue weighted by molar-refractivity contribution is 7.48. The first-order valence-electron chi connectivity index (χ1n) is 18.0. The molecule has 4 aromatic rings. The molecule has 0 fully saturated rings. The molecule has 0 saturated carbocycles. The van der Waals surface area contributed by atoms with Crippen LogP contribution in [0.2, 0.25) is 0 Å². The van der Waals surface area contributed by atoms with Gasteiger partial charge in [-0.15, -0.1) is 11.3 Å². The van der Waals surface area contributed by atoms with Gasteiger partial charge in [0.05, 0.1) is 36.0 Å². The number of amides is 2. The Balaban J connectivity index is 1.95. The van der Waals surface area contributed by atoms with Crippen molar-refractivity contribution in [3.8, 4) is 21.7 Å². The van der Waals surface area contributed by atoms with E-state index in [1.54, 1.807) is 72.1 Å². The van der Waals surface area contributed by atoms with E-state index < -0.39 is 54.4 Å². The zero-order valence-electron chi connectivity index (χ0n) is 33.1. The van der Waals surface area contributed by atoms with Crippen molar-refractivity contribution in [3.05, 3.63) is 63.5 Å². The van der Waals surface area contributed by atoms with Crippen molar-refractivity contribution < 1.29 is 45.6 Å². The number of benzene rings is 1. The van der Waals surface area contributed by atoms with Gasteiger partial charge in [-0.25, -0.2) is 24.1 Å². The van der Waals surface area contributed by atoms with Gasteiger partial charge >= 0.3 is 26.0 Å². The third-order valence-corrected chi connectivity index (χ3v) is 10.6. The molecule has 0 aliphatic carbocycles. The molecule has 2 amide bonds. The van der Waals surface area contributed by atoms with E-state index in [-0.39, 0.29) is 46.5 Å². The van der Waals surface area contributed by atoms with E-state index in [9.17, 15) is 32.1 Å². The summed E-state index contributed by atoms with van der Waals surface area (Å²) in [6.07, 6.45) is -1.52. The van der Waals surface area contributed by atoms with Gasteiger partial charge in [-0.05, 0) is 91.5 Å². The number of fused-ring (bicyclic) bond motifs is 1. The van der Waals surface area contributed by atoms with E-state index in [4.69, 9.17) is 18.3 Å². The molecule has 13 nitrogen and oxygen atoms in total. The maximum atomic E-state index is 14.1. The number of rotatable bonds is 14. The van der Waals surface area contributed by atoms with Crippen molar-refractivity contribution in [1.82, 2.24) is 19.9 Å². The van der Waals surface area contributed by atoms with Crippen molar-refractivity contribution in [2.45, 2.75) is 99.1 Å². The molecule has 1 atom stereocenters. The molecule has 306 valence electrons. The van der Waals surface area contributed by atoms with Gasteiger partial charge in [-0.2, -0.15) is 13.2 Å². The average Bonchev–Trinajstić information content (AvgIpc) is 3.57. The molecule has 1 aromatic carbocycles. The number of carbonyl (C=O) groups excluding carboxylic acids is 2. The van der Waals surface area contributed by atoms with Crippen molar-refractivity contribution in [2.75, 3.05) is 25.1 Å². The van der Waals surface area contributed by atoms with Crippen LogP contribution < -0.4 is 16.1 Å². The smallest absolute Gasteiger partial charge is 0.462 e. The highest BCUT2D eigenvalue weighted by atomic mass is 32.1. The van der Waals surface area contributed by atoms with Crippen LogP contribution in [-0.4, -0.2) is 57.5 Å². The number of nitrogens with one attached hydrogen (secondary N) is 2. The summed E-state index contributed by atoms with van der Waals surface area (Å²) in [7, 11) is -4.18. The fourth-order valence-corrected chi connectivity index (χ4v) is 8.38. The number of alkyl halides is 3. The molecule has 3 aromatic heterocycles. The van der Waals surface area contributed by atoms with Gasteiger partial charge in [-0.3, -0.25) is 23.7 Å². The molecular weight excluding hydrogens is 774 g/mol. The Morgan fingerprint density at radius 1 is 1.00 bits per heavy atom. The van der Waals surface area contributed by atoms with Crippen molar-refractivity contribution in [3.63, 3.8) is 0 Å². The van der Waals surface area contributed by atoms with Gasteiger partial charge in [0.15, 0.2) is 5.69 Å². The monoisotopic (exact) mass is 823 g/mol. The van der Waals surface area contributed by atoms with Crippen LogP contribution in [0, 0.1) is 5.92 Å². The number of halogens is 3. The third kappa shape index (κ3) is 11.7. The highest BCUT2D eigenvalue weighted by Gasteiger charge is 2.38. The predicted octanol–water partition coefficient (Wildman–Crippen LogP) is 9.87. The molecule has 4 rings (SSSR count). The first-order valence-corrected chi connectivity index (χ1v) is 20.4. The minimum Gasteiger partial charge on any atom is -0.462 e. The minimum absolute atomic E-state index is 0.00816. The third-order valence-electron chi connectivity index (χ3n) is 7.68. The lowest BCUT2D eigenvalue weighted by molar-refractivity contribution is -0.140. The molecule has 18 heteroatoms. The van der Waals surface area contributed by atoms with Gasteiger partial charge in [-0.1, -0.05) is 19.9 Å². The summed E-state index contributed by atoms with van der Waals surface area (Å²) in [5.41, 5.74) is -2.60. The van der Waals surface area contributed by atoms with E-state index in [2.05, 4.69) is 20.6 Å². The van der Waals surface area contributed by atoms with Crippen LogP contribution in [0.25, 0.3) is 32.6 Å². The molecule has 0 spiro atoms. The molecule has 0 aliphatic rings. The number of nitrogens with zero attached hydrogens (tertiary/aromatic N) is 3. The fraction of sp³-hybridized carbons (Fsp3) is 0.500. The number of phosphoric ester groups is 1. The van der Waals surface area contributed by atoms with Crippen LogP contribution in [0.5, 0.6) is 0 Å². The first-order chi connectivity index (χ1) is 25.9. The number of anilines is 1. The largest absolute Gasteiger partial charge is 0.475 e. The lowest BCUT2D eigenvalue weighted by Gasteiger charge is -2.32. The molecule has 2 N–H and O–H groups in total. The van der Waals surface area contributed by atoms with Gasteiger partial charge in [0.25, 0.3) is 0 Å². The molecule has 0 aliphatic heterocycles. The predicted molar refractivity (Wildman–Crippen MR) is 210 cm³/mol. The maximum absolute atomic E-state index is 14.1. The van der Waals surface area contributed by atoms with E-state index in [0.29, 0.717) is 29.6 Å². The second-order valence-corrected chi connectivity index (χ2v) is 17.7. The summed E-state index contributed by atoms with van der Waals surface area (Å²) in [6.45, 7) is 17.7. The topological polar surface area (TPSA) is 160 Å². The SMILES string of the molecule is CCNC(=O)Nc1cc(-c2nc(C(F)(F)F)cs2)c(-c2ccc3c(c2)c(=O)c(C(=O)OCC)cn3[C@H](COP(=O)(OC(C)(C)C)OC(C)(C)C)CC(C)C)cn1. The molecule has 0 radical (unpaired) electrons. The Morgan fingerprint density at radius 2 is 1.66 bits per heavy atom. The van der Waals surface area contributed by atoms with E-state index in [1.165, 1.54) is 24.5 Å². The summed E-state index contributed by atoms with van der Waals surface area (Å²) in [5, 5.41) is 6.08. The van der Waals surface area contributed by atoms with Crippen LogP contribution >= 0.6 is 19.2 Å². The standard InChI is InChI=1S/C38H49F3N5O8PS/c1-11-42-35(49)45-31-17-25(33-44-30(21-56-33)38(39,40)41)27(18-43-31)23-13-14-29-26(16-23)32(47)28(34(48)51-12-2)19-46(29)24(15-22(3)4)20-52-55(50,53-36(5,6)7)54-37(8,9)10/h13-14,16-19,21-22,24H,11-12,15,20H2,1-10H3,(H2,42,43,45,49)/t24-/m0/s1. The number of thiazole rings is 1. The number of esters is 1. The Hall–Kier alpha value is -4.15. The summed E-state index contributed by atoms with van der Waals surface area (Å²) in [4.78, 5) is 47.9. The Bertz CT molecular complexity index is 2140. The second kappa shape index (κ2) is 17.6. The van der Waals surface area contributed by atoms with Crippen LogP contribution in [0.1, 0.15) is 97.8 Å². The zero-order valence-corrected chi connectivity index (χ0v) is 34.8. The number of hydrogen-bond donors (Lipinski definition) is 2. The average molecular weight is 824 g/mol. The van der Waals surface area contributed by atoms with Crippen LogP contribution in [-0.2, 0) is 29.0 Å². The Kier molecular flexibility index (Phi) is 14.0. The number of carbonyl (C=O) groups is 2. The molecule has 0 saturated heterocycles. The molecular formula is C38H49F3N5O8PS. The van der Waals surface area contributed by atoms with E-state index >= 15 is 0 Å². The number of aromatic nitrogens is 3. The summed E-state index contributed by atoms with van der Waals surface area (Å²) in [5.74, 6) is -0.771.